The van der Waals surface area contributed by atoms with Crippen LogP contribution in [0.2, 0.25) is 5.02 Å². The number of benzene rings is 1. The number of halogens is 1. The highest BCUT2D eigenvalue weighted by Crippen LogP contribution is 2.49. The van der Waals surface area contributed by atoms with Gasteiger partial charge in [-0.3, -0.25) is 19.8 Å². The molecule has 0 radical (unpaired) electrons. The first-order chi connectivity index (χ1) is 15.4. The van der Waals surface area contributed by atoms with E-state index >= 15 is 0 Å². The summed E-state index contributed by atoms with van der Waals surface area (Å²) in [6.07, 6.45) is 1.61. The van der Waals surface area contributed by atoms with E-state index in [0.29, 0.717) is 36.2 Å². The molecule has 1 aliphatic heterocycles. The first-order valence-corrected chi connectivity index (χ1v) is 12.2. The highest BCUT2D eigenvalue weighted by molar-refractivity contribution is 8.01. The van der Waals surface area contributed by atoms with Crippen LogP contribution in [0, 0.1) is 21.4 Å². The van der Waals surface area contributed by atoms with Gasteiger partial charge in [-0.25, -0.2) is 0 Å². The number of hydrogen-bond acceptors (Lipinski definition) is 8. The van der Waals surface area contributed by atoms with Gasteiger partial charge in [0.2, 0.25) is 0 Å². The molecule has 0 amide bonds. The van der Waals surface area contributed by atoms with E-state index in [9.17, 15) is 20.2 Å². The predicted octanol–water partition coefficient (Wildman–Crippen LogP) is 5.73. The van der Waals surface area contributed by atoms with Gasteiger partial charge >= 0.3 is 0 Å². The Morgan fingerprint density at radius 1 is 1.41 bits per heavy atom. The molecule has 32 heavy (non-hydrogen) atoms. The minimum absolute atomic E-state index is 0.00474. The number of ketones is 1. The molecule has 0 saturated heterocycles. The average molecular weight is 487 g/mol. The molecule has 1 unspecified atom stereocenters. The molecular weight excluding hydrogens is 468 g/mol. The van der Waals surface area contributed by atoms with Crippen LogP contribution >= 0.6 is 34.7 Å². The summed E-state index contributed by atoms with van der Waals surface area (Å²) in [7, 11) is 0. The number of thioether (sulfide) groups is 1. The standard InChI is InChI=1S/C22H19ClN4O3S2/c1-2-31-22-13(8-9-32-22)19-14(11-24)21(25)26(16-4-3-5-18(28)20(16)19)12-6-7-15(23)17(10-12)27(29)30/h6-10,19H,2-5,25H2,1H3. The Morgan fingerprint density at radius 2 is 2.19 bits per heavy atom. The van der Waals surface area contributed by atoms with Gasteiger partial charge in [0.15, 0.2) is 5.78 Å². The van der Waals surface area contributed by atoms with Gasteiger partial charge < -0.3 is 5.73 Å². The molecule has 1 atom stereocenters. The molecule has 2 aliphatic rings. The number of carbonyl (C=O) groups excluding carboxylic acids is 1. The molecule has 1 aromatic heterocycles. The number of carbonyl (C=O) groups is 1. The highest BCUT2D eigenvalue weighted by Gasteiger charge is 2.41. The number of thiophene rings is 1. The molecule has 0 spiro atoms. The van der Waals surface area contributed by atoms with Crippen LogP contribution in [0.4, 0.5) is 11.4 Å². The number of rotatable bonds is 5. The van der Waals surface area contributed by atoms with Crippen LogP contribution in [0.25, 0.3) is 0 Å². The minimum atomic E-state index is -0.565. The van der Waals surface area contributed by atoms with Crippen molar-refractivity contribution < 1.29 is 9.72 Å². The summed E-state index contributed by atoms with van der Waals surface area (Å²) in [6.45, 7) is 2.05. The van der Waals surface area contributed by atoms with Crippen molar-refractivity contribution in [3.8, 4) is 6.07 Å². The molecule has 0 saturated carbocycles. The summed E-state index contributed by atoms with van der Waals surface area (Å²) in [6, 6.07) is 8.55. The van der Waals surface area contributed by atoms with Gasteiger partial charge in [0.25, 0.3) is 5.69 Å². The SMILES string of the molecule is CCSc1sccc1C1C(C#N)=C(N)N(c2ccc(Cl)c([N+](=O)[O-])c2)C2=C1C(=O)CCC2. The summed E-state index contributed by atoms with van der Waals surface area (Å²) in [5.41, 5.74) is 9.10. The number of nitrogens with two attached hydrogens (primary N) is 1. The van der Waals surface area contributed by atoms with E-state index in [4.69, 9.17) is 17.3 Å². The van der Waals surface area contributed by atoms with Crippen molar-refractivity contribution in [2.24, 2.45) is 5.73 Å². The van der Waals surface area contributed by atoms with E-state index in [1.54, 1.807) is 34.1 Å². The Morgan fingerprint density at radius 3 is 2.88 bits per heavy atom. The second-order valence-corrected chi connectivity index (χ2v) is 10.2. The van der Waals surface area contributed by atoms with Gasteiger partial charge in [0.1, 0.15) is 10.8 Å². The molecule has 10 heteroatoms. The normalized spacial score (nSPS) is 18.6. The number of anilines is 1. The summed E-state index contributed by atoms with van der Waals surface area (Å²) in [5.74, 6) is 0.480. The molecule has 2 N–H and O–H groups in total. The lowest BCUT2D eigenvalue weighted by Crippen LogP contribution is -2.38. The smallest absolute Gasteiger partial charge is 0.289 e. The van der Waals surface area contributed by atoms with Crippen molar-refractivity contribution in [2.45, 2.75) is 36.3 Å². The van der Waals surface area contributed by atoms with E-state index in [2.05, 4.69) is 13.0 Å². The number of hydrogen-bond donors (Lipinski definition) is 1. The first kappa shape index (κ1) is 22.4. The van der Waals surface area contributed by atoms with Gasteiger partial charge in [-0.15, -0.1) is 23.1 Å². The van der Waals surface area contributed by atoms with Crippen LogP contribution in [0.5, 0.6) is 0 Å². The lowest BCUT2D eigenvalue weighted by Gasteiger charge is -2.39. The van der Waals surface area contributed by atoms with Gasteiger partial charge in [-0.1, -0.05) is 18.5 Å². The van der Waals surface area contributed by atoms with Crippen LogP contribution in [-0.2, 0) is 4.79 Å². The Hall–Kier alpha value is -2.80. The molecule has 0 bridgehead atoms. The van der Waals surface area contributed by atoms with Crippen molar-refractivity contribution >= 4 is 51.9 Å². The van der Waals surface area contributed by atoms with Crippen molar-refractivity contribution in [3.63, 3.8) is 0 Å². The van der Waals surface area contributed by atoms with E-state index in [1.165, 1.54) is 12.1 Å². The van der Waals surface area contributed by atoms with Crippen LogP contribution in [0.3, 0.4) is 0 Å². The lowest BCUT2D eigenvalue weighted by atomic mass is 9.76. The number of Topliss-reactive ketones (excluding diaryl/α,β-unsaturated/α-hetero) is 1. The van der Waals surface area contributed by atoms with Crippen molar-refractivity contribution in [1.29, 1.82) is 5.26 Å². The maximum absolute atomic E-state index is 13.2. The zero-order valence-electron chi connectivity index (χ0n) is 17.1. The molecule has 2 heterocycles. The maximum atomic E-state index is 13.2. The van der Waals surface area contributed by atoms with E-state index in [1.807, 2.05) is 11.4 Å². The molecule has 2 aromatic rings. The summed E-state index contributed by atoms with van der Waals surface area (Å²) in [4.78, 5) is 25.7. The minimum Gasteiger partial charge on any atom is -0.384 e. The third-order valence-electron chi connectivity index (χ3n) is 5.54. The lowest BCUT2D eigenvalue weighted by molar-refractivity contribution is -0.384. The predicted molar refractivity (Wildman–Crippen MR) is 127 cm³/mol. The second-order valence-electron chi connectivity index (χ2n) is 7.31. The number of allylic oxidation sites excluding steroid dienone is 3. The van der Waals surface area contributed by atoms with E-state index in [-0.39, 0.29) is 27.9 Å². The number of nitriles is 1. The number of nitrogens with zero attached hydrogens (tertiary/aromatic N) is 3. The molecular formula is C22H19ClN4O3S2. The van der Waals surface area contributed by atoms with Crippen LogP contribution in [0.1, 0.15) is 37.7 Å². The highest BCUT2D eigenvalue weighted by atomic mass is 35.5. The zero-order chi connectivity index (χ0) is 23.0. The fraction of sp³-hybridized carbons (Fsp3) is 0.273. The summed E-state index contributed by atoms with van der Waals surface area (Å²) < 4.78 is 1.05. The fourth-order valence-corrected chi connectivity index (χ4v) is 6.49. The van der Waals surface area contributed by atoms with Gasteiger partial charge in [0.05, 0.1) is 32.4 Å². The van der Waals surface area contributed by atoms with Gasteiger partial charge in [-0.05, 0) is 47.7 Å². The van der Waals surface area contributed by atoms with Gasteiger partial charge in [0, 0.05) is 23.8 Å². The summed E-state index contributed by atoms with van der Waals surface area (Å²) >= 11 is 9.25. The van der Waals surface area contributed by atoms with Gasteiger partial charge in [-0.2, -0.15) is 5.26 Å². The van der Waals surface area contributed by atoms with E-state index in [0.717, 1.165) is 15.5 Å². The molecule has 4 rings (SSSR count). The Labute approximate surface area is 198 Å². The number of nitro benzene ring substituents is 1. The second kappa shape index (κ2) is 8.98. The molecule has 1 aliphatic carbocycles. The third-order valence-corrected chi connectivity index (χ3v) is 8.01. The third kappa shape index (κ3) is 3.68. The monoisotopic (exact) mass is 486 g/mol. The molecule has 0 fully saturated rings. The Balaban J connectivity index is 1.96. The van der Waals surface area contributed by atoms with Crippen molar-refractivity contribution in [3.05, 3.63) is 73.0 Å². The quantitative estimate of drug-likeness (QED) is 0.326. The molecule has 7 nitrogen and oxygen atoms in total. The van der Waals surface area contributed by atoms with E-state index < -0.39 is 10.8 Å². The largest absolute Gasteiger partial charge is 0.384 e. The zero-order valence-corrected chi connectivity index (χ0v) is 19.5. The summed E-state index contributed by atoms with van der Waals surface area (Å²) in [5, 5.41) is 23.5. The topological polar surface area (TPSA) is 113 Å². The Bertz CT molecular complexity index is 1230. The van der Waals surface area contributed by atoms with Crippen LogP contribution in [-0.4, -0.2) is 16.5 Å². The first-order valence-electron chi connectivity index (χ1n) is 9.99. The van der Waals surface area contributed by atoms with Crippen LogP contribution < -0.4 is 10.6 Å². The Kier molecular flexibility index (Phi) is 6.29. The molecule has 1 aromatic carbocycles. The average Bonchev–Trinajstić information content (AvgIpc) is 3.22. The van der Waals surface area contributed by atoms with Crippen LogP contribution in [0.15, 0.2) is 56.5 Å². The fourth-order valence-electron chi connectivity index (χ4n) is 4.24. The number of nitro groups is 1. The maximum Gasteiger partial charge on any atom is 0.289 e. The van der Waals surface area contributed by atoms with Crippen molar-refractivity contribution in [1.82, 2.24) is 0 Å². The molecule has 164 valence electrons. The van der Waals surface area contributed by atoms with Crippen molar-refractivity contribution in [2.75, 3.05) is 10.7 Å².